The van der Waals surface area contributed by atoms with Crippen LogP contribution in [0.4, 0.5) is 0 Å². The molecule has 0 aliphatic heterocycles. The summed E-state index contributed by atoms with van der Waals surface area (Å²) in [5.41, 5.74) is 5.20. The molecule has 1 N–H and O–H groups in total. The molecule has 0 bridgehead atoms. The first-order valence-corrected chi connectivity index (χ1v) is 9.04. The molecule has 5 nitrogen and oxygen atoms in total. The normalized spacial score (nSPS) is 11.3. The maximum atomic E-state index is 12.7. The van der Waals surface area contributed by atoms with Crippen LogP contribution in [0.5, 0.6) is 0 Å². The van der Waals surface area contributed by atoms with E-state index >= 15 is 0 Å². The zero-order chi connectivity index (χ0) is 17.6. The minimum Gasteiger partial charge on any atom is -0.293 e. The van der Waals surface area contributed by atoms with E-state index in [1.165, 1.54) is 4.52 Å². The van der Waals surface area contributed by atoms with E-state index in [4.69, 9.17) is 4.98 Å². The van der Waals surface area contributed by atoms with E-state index in [0.29, 0.717) is 11.3 Å². The van der Waals surface area contributed by atoms with Crippen molar-refractivity contribution in [1.82, 2.24) is 19.6 Å². The minimum atomic E-state index is -0.109. The number of rotatable bonds is 3. The predicted octanol–water partition coefficient (Wildman–Crippen LogP) is 3.99. The number of H-pyrrole nitrogens is 1. The van der Waals surface area contributed by atoms with Gasteiger partial charge in [0.1, 0.15) is 0 Å². The van der Waals surface area contributed by atoms with Gasteiger partial charge in [0.05, 0.1) is 21.3 Å². The van der Waals surface area contributed by atoms with Crippen LogP contribution >= 0.6 is 11.3 Å². The van der Waals surface area contributed by atoms with E-state index in [1.807, 2.05) is 44.2 Å². The van der Waals surface area contributed by atoms with Crippen LogP contribution in [0.15, 0.2) is 41.2 Å². The van der Waals surface area contributed by atoms with Gasteiger partial charge in [0.2, 0.25) is 0 Å². The summed E-state index contributed by atoms with van der Waals surface area (Å²) in [4.78, 5) is 22.9. The van der Waals surface area contributed by atoms with Gasteiger partial charge in [-0.15, -0.1) is 11.3 Å². The average molecular weight is 350 g/mol. The monoisotopic (exact) mass is 350 g/mol. The third kappa shape index (κ3) is 2.59. The van der Waals surface area contributed by atoms with E-state index in [0.717, 1.165) is 38.8 Å². The Morgan fingerprint density at radius 1 is 1.16 bits per heavy atom. The molecule has 0 radical (unpaired) electrons. The number of thiazole rings is 1. The number of aromatic amines is 1. The van der Waals surface area contributed by atoms with Crippen LogP contribution in [0.3, 0.4) is 0 Å². The van der Waals surface area contributed by atoms with Crippen molar-refractivity contribution in [3.8, 4) is 21.7 Å². The molecule has 25 heavy (non-hydrogen) atoms. The largest absolute Gasteiger partial charge is 0.293 e. The molecule has 126 valence electrons. The van der Waals surface area contributed by atoms with Crippen molar-refractivity contribution >= 4 is 17.0 Å². The number of fused-ring (bicyclic) bond motifs is 1. The van der Waals surface area contributed by atoms with Gasteiger partial charge in [-0.25, -0.2) is 14.5 Å². The highest BCUT2D eigenvalue weighted by molar-refractivity contribution is 7.15. The zero-order valence-electron chi connectivity index (χ0n) is 14.3. The molecule has 0 saturated heterocycles. The molecule has 3 heterocycles. The Bertz CT molecular complexity index is 1120. The highest BCUT2D eigenvalue weighted by Gasteiger charge is 2.18. The summed E-state index contributed by atoms with van der Waals surface area (Å²) in [7, 11) is 0. The summed E-state index contributed by atoms with van der Waals surface area (Å²) in [5, 5.41) is 4.18. The van der Waals surface area contributed by atoms with Crippen LogP contribution in [0.25, 0.3) is 27.3 Å². The smallest absolute Gasteiger partial charge is 0.273 e. The summed E-state index contributed by atoms with van der Waals surface area (Å²) in [6.45, 7) is 5.99. The molecule has 3 aromatic heterocycles. The Morgan fingerprint density at radius 2 is 1.92 bits per heavy atom. The van der Waals surface area contributed by atoms with Crippen LogP contribution < -0.4 is 5.56 Å². The van der Waals surface area contributed by atoms with Crippen LogP contribution in [0.2, 0.25) is 0 Å². The second kappa shape index (κ2) is 5.97. The van der Waals surface area contributed by atoms with Crippen LogP contribution in [-0.4, -0.2) is 19.6 Å². The van der Waals surface area contributed by atoms with Gasteiger partial charge in [-0.1, -0.05) is 37.3 Å². The highest BCUT2D eigenvalue weighted by atomic mass is 32.1. The minimum absolute atomic E-state index is 0.109. The van der Waals surface area contributed by atoms with Crippen molar-refractivity contribution in [2.75, 3.05) is 0 Å². The standard InChI is InChI=1S/C19H18N4OS/c1-4-14-17(13-8-6-5-7-9-13)19-21-15(10-16(24)23(19)22-14)18-11(2)20-12(3)25-18/h5-10,22H,4H2,1-3H3. The maximum Gasteiger partial charge on any atom is 0.273 e. The van der Waals surface area contributed by atoms with Crippen molar-refractivity contribution in [3.05, 3.63) is 63.1 Å². The quantitative estimate of drug-likeness (QED) is 0.607. The van der Waals surface area contributed by atoms with Gasteiger partial charge < -0.3 is 0 Å². The van der Waals surface area contributed by atoms with Gasteiger partial charge in [-0.2, -0.15) is 0 Å². The number of benzene rings is 1. The average Bonchev–Trinajstić information content (AvgIpc) is 3.15. The van der Waals surface area contributed by atoms with Crippen LogP contribution in [-0.2, 0) is 6.42 Å². The second-order valence-electron chi connectivity index (χ2n) is 5.97. The Labute approximate surface area is 149 Å². The first kappa shape index (κ1) is 15.8. The van der Waals surface area contributed by atoms with Gasteiger partial charge in [-0.3, -0.25) is 9.89 Å². The first-order valence-electron chi connectivity index (χ1n) is 8.23. The molecule has 0 unspecified atom stereocenters. The third-order valence-electron chi connectivity index (χ3n) is 4.24. The molecular weight excluding hydrogens is 332 g/mol. The molecule has 0 aliphatic carbocycles. The summed E-state index contributed by atoms with van der Waals surface area (Å²) in [5.74, 6) is 0. The lowest BCUT2D eigenvalue weighted by molar-refractivity contribution is 0.859. The van der Waals surface area contributed by atoms with Gasteiger partial charge in [0.15, 0.2) is 5.65 Å². The summed E-state index contributed by atoms with van der Waals surface area (Å²) in [6.07, 6.45) is 0.793. The fourth-order valence-electron chi connectivity index (χ4n) is 3.13. The second-order valence-corrected chi connectivity index (χ2v) is 7.17. The summed E-state index contributed by atoms with van der Waals surface area (Å²) >= 11 is 1.57. The van der Waals surface area contributed by atoms with E-state index in [9.17, 15) is 4.79 Å². The number of hydrogen-bond donors (Lipinski definition) is 1. The number of nitrogens with zero attached hydrogens (tertiary/aromatic N) is 3. The van der Waals surface area contributed by atoms with Crippen molar-refractivity contribution in [2.45, 2.75) is 27.2 Å². The fraction of sp³-hybridized carbons (Fsp3) is 0.211. The Morgan fingerprint density at radius 3 is 2.56 bits per heavy atom. The van der Waals surface area contributed by atoms with Crippen LogP contribution in [0.1, 0.15) is 23.3 Å². The molecule has 0 fully saturated rings. The van der Waals surface area contributed by atoms with Gasteiger partial charge >= 0.3 is 0 Å². The molecule has 0 aliphatic rings. The lowest BCUT2D eigenvalue weighted by Crippen LogP contribution is -2.14. The van der Waals surface area contributed by atoms with Gasteiger partial charge in [0, 0.05) is 17.3 Å². The molecular formula is C19H18N4OS. The van der Waals surface area contributed by atoms with E-state index in [1.54, 1.807) is 17.4 Å². The molecule has 1 aromatic carbocycles. The molecule has 0 atom stereocenters. The third-order valence-corrected chi connectivity index (χ3v) is 5.34. The zero-order valence-corrected chi connectivity index (χ0v) is 15.1. The molecule has 4 aromatic rings. The maximum absolute atomic E-state index is 12.7. The Balaban J connectivity index is 2.05. The van der Waals surface area contributed by atoms with Gasteiger partial charge in [-0.05, 0) is 25.8 Å². The number of aromatic nitrogens is 4. The van der Waals surface area contributed by atoms with Gasteiger partial charge in [0.25, 0.3) is 5.56 Å². The summed E-state index contributed by atoms with van der Waals surface area (Å²) in [6, 6.07) is 11.6. The fourth-order valence-corrected chi connectivity index (χ4v) is 4.01. The van der Waals surface area contributed by atoms with E-state index in [-0.39, 0.29) is 5.56 Å². The predicted molar refractivity (Wildman–Crippen MR) is 101 cm³/mol. The molecule has 0 saturated carbocycles. The lowest BCUT2D eigenvalue weighted by atomic mass is 10.0. The molecule has 0 amide bonds. The van der Waals surface area contributed by atoms with Crippen molar-refractivity contribution in [3.63, 3.8) is 0 Å². The summed E-state index contributed by atoms with van der Waals surface area (Å²) < 4.78 is 1.54. The lowest BCUT2D eigenvalue weighted by Gasteiger charge is -2.03. The number of hydrogen-bond acceptors (Lipinski definition) is 4. The topological polar surface area (TPSA) is 63.0 Å². The van der Waals surface area contributed by atoms with Crippen molar-refractivity contribution in [2.24, 2.45) is 0 Å². The van der Waals surface area contributed by atoms with Crippen LogP contribution in [0, 0.1) is 13.8 Å². The van der Waals surface area contributed by atoms with E-state index in [2.05, 4.69) is 17.0 Å². The SMILES string of the molecule is CCc1[nH]n2c(=O)cc(-c3sc(C)nc3C)nc2c1-c1ccccc1. The van der Waals surface area contributed by atoms with E-state index < -0.39 is 0 Å². The molecule has 4 rings (SSSR count). The van der Waals surface area contributed by atoms with Crippen molar-refractivity contribution in [1.29, 1.82) is 0 Å². The number of nitrogens with one attached hydrogen (secondary N) is 1. The molecule has 6 heteroatoms. The highest BCUT2D eigenvalue weighted by Crippen LogP contribution is 2.31. The Hall–Kier alpha value is -2.73. The first-order chi connectivity index (χ1) is 12.1. The number of aryl methyl sites for hydroxylation is 3. The Kier molecular flexibility index (Phi) is 3.77. The molecule has 0 spiro atoms. The van der Waals surface area contributed by atoms with Crippen molar-refractivity contribution < 1.29 is 0 Å².